The first-order valence-electron chi connectivity index (χ1n) is 9.14. The van der Waals surface area contributed by atoms with Crippen molar-refractivity contribution in [1.82, 2.24) is 14.8 Å². The van der Waals surface area contributed by atoms with Gasteiger partial charge in [-0.3, -0.25) is 0 Å². The van der Waals surface area contributed by atoms with E-state index < -0.39 is 0 Å². The molecule has 1 aliphatic heterocycles. The first-order chi connectivity index (χ1) is 12.3. The number of para-hydroxylation sites is 1. The van der Waals surface area contributed by atoms with Gasteiger partial charge < -0.3 is 19.5 Å². The van der Waals surface area contributed by atoms with Crippen molar-refractivity contribution in [2.45, 2.75) is 39.3 Å². The van der Waals surface area contributed by atoms with Crippen molar-refractivity contribution < 1.29 is 9.53 Å². The van der Waals surface area contributed by atoms with Crippen LogP contribution in [0.2, 0.25) is 0 Å². The molecular formula is C20H27N3O2. The van der Waals surface area contributed by atoms with Crippen LogP contribution in [-0.2, 0) is 11.3 Å². The molecule has 0 aliphatic carbocycles. The first-order valence-corrected chi connectivity index (χ1v) is 9.14. The van der Waals surface area contributed by atoms with Crippen LogP contribution in [0.5, 0.6) is 0 Å². The summed E-state index contributed by atoms with van der Waals surface area (Å²) in [5.41, 5.74) is 3.49. The molecule has 1 aliphatic rings. The monoisotopic (exact) mass is 341 g/mol. The molecule has 0 saturated heterocycles. The second-order valence-corrected chi connectivity index (χ2v) is 6.27. The molecule has 1 atom stereocenters. The number of amides is 2. The Morgan fingerprint density at radius 2 is 2.08 bits per heavy atom. The molecule has 2 aromatic rings. The summed E-state index contributed by atoms with van der Waals surface area (Å²) in [4.78, 5) is 14.8. The summed E-state index contributed by atoms with van der Waals surface area (Å²) in [5.74, 6) is 0. The fraction of sp³-hybridized carbons (Fsp3) is 0.450. The van der Waals surface area contributed by atoms with E-state index in [0.29, 0.717) is 26.3 Å². The highest BCUT2D eigenvalue weighted by Crippen LogP contribution is 2.33. The molecular weight excluding hydrogens is 314 g/mol. The summed E-state index contributed by atoms with van der Waals surface area (Å²) >= 11 is 0. The highest BCUT2D eigenvalue weighted by atomic mass is 16.5. The standard InChI is InChI=1S/C20H27N3O2/c1-3-17-19-11-7-13-22(19)18-10-6-5-9-16(18)15-23(17)20(24)21-12-8-14-25-4-2/h5-7,9-11,13,17H,3-4,8,12,14-15H2,1-2H3,(H,21,24). The number of ether oxygens (including phenoxy) is 1. The van der Waals surface area contributed by atoms with Crippen molar-refractivity contribution in [3.63, 3.8) is 0 Å². The molecule has 1 N–H and O–H groups in total. The number of hydrogen-bond acceptors (Lipinski definition) is 2. The van der Waals surface area contributed by atoms with Crippen molar-refractivity contribution in [1.29, 1.82) is 0 Å². The Kier molecular flexibility index (Phi) is 5.76. The van der Waals surface area contributed by atoms with E-state index in [1.165, 1.54) is 5.56 Å². The maximum absolute atomic E-state index is 12.9. The lowest BCUT2D eigenvalue weighted by molar-refractivity contribution is 0.141. The molecule has 1 unspecified atom stereocenters. The summed E-state index contributed by atoms with van der Waals surface area (Å²) in [6.45, 7) is 6.76. The third-order valence-electron chi connectivity index (χ3n) is 4.68. The van der Waals surface area contributed by atoms with Crippen molar-refractivity contribution in [3.05, 3.63) is 53.9 Å². The molecule has 2 amide bonds. The zero-order chi connectivity index (χ0) is 17.6. The molecule has 2 heterocycles. The van der Waals surface area contributed by atoms with Gasteiger partial charge in [0.1, 0.15) is 0 Å². The fourth-order valence-electron chi connectivity index (χ4n) is 3.48. The average molecular weight is 341 g/mol. The molecule has 5 nitrogen and oxygen atoms in total. The topological polar surface area (TPSA) is 46.5 Å². The number of rotatable bonds is 6. The van der Waals surface area contributed by atoms with E-state index in [9.17, 15) is 4.79 Å². The van der Waals surface area contributed by atoms with Gasteiger partial charge >= 0.3 is 6.03 Å². The fourth-order valence-corrected chi connectivity index (χ4v) is 3.48. The molecule has 0 fully saturated rings. The quantitative estimate of drug-likeness (QED) is 0.811. The Bertz CT molecular complexity index is 710. The normalized spacial score (nSPS) is 16.1. The van der Waals surface area contributed by atoms with Crippen LogP contribution in [0.1, 0.15) is 44.0 Å². The van der Waals surface area contributed by atoms with Gasteiger partial charge in [-0.05, 0) is 43.5 Å². The van der Waals surface area contributed by atoms with Gasteiger partial charge in [0.05, 0.1) is 18.3 Å². The van der Waals surface area contributed by atoms with E-state index in [-0.39, 0.29) is 12.1 Å². The number of benzene rings is 1. The first kappa shape index (κ1) is 17.5. The Morgan fingerprint density at radius 3 is 2.88 bits per heavy atom. The van der Waals surface area contributed by atoms with Crippen LogP contribution in [0.15, 0.2) is 42.6 Å². The number of nitrogens with zero attached hydrogens (tertiary/aromatic N) is 2. The molecule has 134 valence electrons. The highest BCUT2D eigenvalue weighted by Gasteiger charge is 2.30. The van der Waals surface area contributed by atoms with E-state index in [1.807, 2.05) is 24.0 Å². The largest absolute Gasteiger partial charge is 0.382 e. The van der Waals surface area contributed by atoms with Gasteiger partial charge in [0.25, 0.3) is 0 Å². The Morgan fingerprint density at radius 1 is 1.24 bits per heavy atom. The molecule has 5 heteroatoms. The van der Waals surface area contributed by atoms with Crippen molar-refractivity contribution in [2.75, 3.05) is 19.8 Å². The van der Waals surface area contributed by atoms with Gasteiger partial charge in [-0.25, -0.2) is 4.79 Å². The number of aromatic nitrogens is 1. The third kappa shape index (κ3) is 3.71. The van der Waals surface area contributed by atoms with Crippen molar-refractivity contribution in [3.8, 4) is 5.69 Å². The van der Waals surface area contributed by atoms with Gasteiger partial charge in [0.2, 0.25) is 0 Å². The molecule has 0 bridgehead atoms. The molecule has 3 rings (SSSR count). The van der Waals surface area contributed by atoms with Crippen LogP contribution >= 0.6 is 0 Å². The van der Waals surface area contributed by atoms with Crippen LogP contribution < -0.4 is 5.32 Å². The summed E-state index contributed by atoms with van der Waals surface area (Å²) < 4.78 is 7.55. The summed E-state index contributed by atoms with van der Waals surface area (Å²) in [7, 11) is 0. The SMILES string of the molecule is CCOCCCNC(=O)N1Cc2ccccc2-n2cccc2C1CC. The smallest absolute Gasteiger partial charge is 0.318 e. The molecule has 1 aromatic carbocycles. The van der Waals surface area contributed by atoms with E-state index in [1.54, 1.807) is 0 Å². The molecule has 0 radical (unpaired) electrons. The Labute approximate surface area is 149 Å². The van der Waals surface area contributed by atoms with Gasteiger partial charge in [-0.15, -0.1) is 0 Å². The van der Waals surface area contributed by atoms with E-state index in [4.69, 9.17) is 4.74 Å². The van der Waals surface area contributed by atoms with Crippen LogP contribution in [0.25, 0.3) is 5.69 Å². The van der Waals surface area contributed by atoms with Crippen LogP contribution in [-0.4, -0.2) is 35.3 Å². The number of carbonyl (C=O) groups excluding carboxylic acids is 1. The van der Waals surface area contributed by atoms with Crippen molar-refractivity contribution >= 4 is 6.03 Å². The predicted molar refractivity (Wildman–Crippen MR) is 98.9 cm³/mol. The molecule has 1 aromatic heterocycles. The summed E-state index contributed by atoms with van der Waals surface area (Å²) in [6, 6.07) is 12.5. The van der Waals surface area contributed by atoms with Gasteiger partial charge in [-0.1, -0.05) is 25.1 Å². The lowest BCUT2D eigenvalue weighted by atomic mass is 10.1. The van der Waals surface area contributed by atoms with E-state index >= 15 is 0 Å². The molecule has 0 saturated carbocycles. The maximum Gasteiger partial charge on any atom is 0.318 e. The lowest BCUT2D eigenvalue weighted by Gasteiger charge is -2.29. The molecule has 25 heavy (non-hydrogen) atoms. The minimum absolute atomic E-state index is 0.00667. The maximum atomic E-state index is 12.9. The van der Waals surface area contributed by atoms with Crippen LogP contribution in [0.4, 0.5) is 4.79 Å². The number of urea groups is 1. The summed E-state index contributed by atoms with van der Waals surface area (Å²) in [5, 5.41) is 3.05. The van der Waals surface area contributed by atoms with Gasteiger partial charge in [0, 0.05) is 31.6 Å². The Hall–Kier alpha value is -2.27. The minimum Gasteiger partial charge on any atom is -0.382 e. The average Bonchev–Trinajstić information content (AvgIpc) is 3.06. The van der Waals surface area contributed by atoms with Gasteiger partial charge in [-0.2, -0.15) is 0 Å². The minimum atomic E-state index is -0.00667. The highest BCUT2D eigenvalue weighted by molar-refractivity contribution is 5.75. The number of carbonyl (C=O) groups is 1. The second kappa shape index (κ2) is 8.21. The van der Waals surface area contributed by atoms with Crippen LogP contribution in [0, 0.1) is 0 Å². The Balaban J connectivity index is 1.81. The van der Waals surface area contributed by atoms with Crippen LogP contribution in [0.3, 0.4) is 0 Å². The second-order valence-electron chi connectivity index (χ2n) is 6.27. The zero-order valence-corrected chi connectivity index (χ0v) is 15.1. The predicted octanol–water partition coefficient (Wildman–Crippen LogP) is 3.88. The van der Waals surface area contributed by atoms with E-state index in [0.717, 1.165) is 24.2 Å². The number of nitrogens with one attached hydrogen (secondary N) is 1. The van der Waals surface area contributed by atoms with Crippen molar-refractivity contribution in [2.24, 2.45) is 0 Å². The lowest BCUT2D eigenvalue weighted by Crippen LogP contribution is -2.42. The number of fused-ring (bicyclic) bond motifs is 3. The summed E-state index contributed by atoms with van der Waals surface area (Å²) in [6.07, 6.45) is 3.79. The zero-order valence-electron chi connectivity index (χ0n) is 15.1. The van der Waals surface area contributed by atoms with Gasteiger partial charge in [0.15, 0.2) is 0 Å². The van der Waals surface area contributed by atoms with E-state index in [2.05, 4.69) is 47.3 Å². The number of hydrogen-bond donors (Lipinski definition) is 1. The third-order valence-corrected chi connectivity index (χ3v) is 4.68. The molecule has 0 spiro atoms.